The first-order valence-electron chi connectivity index (χ1n) is 5.85. The average molecular weight is 230 g/mol. The molecule has 0 radical (unpaired) electrons. The van der Waals surface area contributed by atoms with E-state index in [9.17, 15) is 9.59 Å². The quantitative estimate of drug-likeness (QED) is 0.553. The molecule has 2 nitrogen and oxygen atoms in total. The van der Waals surface area contributed by atoms with E-state index in [0.717, 1.165) is 18.4 Å². The van der Waals surface area contributed by atoms with Crippen LogP contribution in [0.2, 0.25) is 0 Å². The normalized spacial score (nSPS) is 11.3. The highest BCUT2D eigenvalue weighted by molar-refractivity contribution is 6.04. The highest BCUT2D eigenvalue weighted by atomic mass is 16.1. The fourth-order valence-corrected chi connectivity index (χ4v) is 1.60. The fraction of sp³-hybridized carbons (Fsp3) is 0.333. The molecule has 17 heavy (non-hydrogen) atoms. The Morgan fingerprint density at radius 3 is 2.29 bits per heavy atom. The molecule has 0 aliphatic rings. The minimum Gasteiger partial charge on any atom is -0.300 e. The topological polar surface area (TPSA) is 34.1 Å². The molecule has 0 saturated carbocycles. The van der Waals surface area contributed by atoms with Crippen LogP contribution in [0.25, 0.3) is 0 Å². The zero-order valence-corrected chi connectivity index (χ0v) is 10.4. The third-order valence-electron chi connectivity index (χ3n) is 2.54. The molecule has 90 valence electrons. The maximum absolute atomic E-state index is 11.8. The van der Waals surface area contributed by atoms with Crippen molar-refractivity contribution in [2.75, 3.05) is 0 Å². The third kappa shape index (κ3) is 5.25. The molecular weight excluding hydrogens is 212 g/mol. The molecule has 0 fully saturated rings. The Bertz CT molecular complexity index is 416. The molecule has 0 aliphatic heterocycles. The van der Waals surface area contributed by atoms with Crippen LogP contribution in [0.1, 0.15) is 43.5 Å². The predicted molar refractivity (Wildman–Crippen MR) is 69.1 cm³/mol. The maximum atomic E-state index is 11.8. The molecule has 0 saturated heterocycles. The highest BCUT2D eigenvalue weighted by Crippen LogP contribution is 2.09. The average Bonchev–Trinajstić information content (AvgIpc) is 2.29. The lowest BCUT2D eigenvalue weighted by Crippen LogP contribution is -1.96. The van der Waals surface area contributed by atoms with E-state index >= 15 is 0 Å². The molecule has 0 heterocycles. The minimum atomic E-state index is 0.0333. The van der Waals surface area contributed by atoms with Crippen LogP contribution in [0.3, 0.4) is 0 Å². The van der Waals surface area contributed by atoms with Gasteiger partial charge >= 0.3 is 0 Å². The summed E-state index contributed by atoms with van der Waals surface area (Å²) in [6.45, 7) is 3.52. The maximum Gasteiger partial charge on any atom is 0.185 e. The van der Waals surface area contributed by atoms with Gasteiger partial charge in [-0.15, -0.1) is 0 Å². The lowest BCUT2D eigenvalue weighted by atomic mass is 10.0. The number of hydrogen-bond donors (Lipinski definition) is 0. The van der Waals surface area contributed by atoms with Crippen molar-refractivity contribution < 1.29 is 9.59 Å². The molecule has 1 rings (SSSR count). The Balaban J connectivity index is 2.51. The molecule has 1 aromatic carbocycles. The fourth-order valence-electron chi connectivity index (χ4n) is 1.60. The lowest BCUT2D eigenvalue weighted by molar-refractivity contribution is -0.117. The zero-order valence-electron chi connectivity index (χ0n) is 10.4. The summed E-state index contributed by atoms with van der Waals surface area (Å²) in [5.41, 5.74) is 1.73. The van der Waals surface area contributed by atoms with Gasteiger partial charge in [-0.25, -0.2) is 0 Å². The third-order valence-corrected chi connectivity index (χ3v) is 2.54. The van der Waals surface area contributed by atoms with Gasteiger partial charge in [0.25, 0.3) is 0 Å². The lowest BCUT2D eigenvalue weighted by Gasteiger charge is -2.00. The predicted octanol–water partition coefficient (Wildman–Crippen LogP) is 3.57. The van der Waals surface area contributed by atoms with Crippen LogP contribution in [0.15, 0.2) is 42.0 Å². The summed E-state index contributed by atoms with van der Waals surface area (Å²) in [5.74, 6) is 0.234. The summed E-state index contributed by atoms with van der Waals surface area (Å²) in [7, 11) is 0. The first-order chi connectivity index (χ1) is 8.09. The van der Waals surface area contributed by atoms with Crippen LogP contribution in [0.5, 0.6) is 0 Å². The standard InChI is InChI=1S/C15H18O2/c1-12(7-6-8-13(2)16)11-15(17)14-9-4-3-5-10-14/h3-5,9-11H,6-8H2,1-2H3/b12-11+. The Kier molecular flexibility index (Phi) is 5.34. The zero-order chi connectivity index (χ0) is 12.7. The van der Waals surface area contributed by atoms with E-state index in [2.05, 4.69) is 0 Å². The summed E-state index contributed by atoms with van der Waals surface area (Å²) in [6.07, 6.45) is 3.87. The Labute approximate surface area is 102 Å². The minimum absolute atomic E-state index is 0.0333. The number of ketones is 2. The summed E-state index contributed by atoms with van der Waals surface area (Å²) >= 11 is 0. The second-order valence-electron chi connectivity index (χ2n) is 4.28. The smallest absolute Gasteiger partial charge is 0.185 e. The van der Waals surface area contributed by atoms with Crippen LogP contribution in [-0.2, 0) is 4.79 Å². The van der Waals surface area contributed by atoms with Crippen molar-refractivity contribution in [3.05, 3.63) is 47.5 Å². The molecule has 0 bridgehead atoms. The number of carbonyl (C=O) groups excluding carboxylic acids is 2. The van der Waals surface area contributed by atoms with Crippen molar-refractivity contribution in [2.45, 2.75) is 33.1 Å². The molecule has 0 N–H and O–H groups in total. The van der Waals surface area contributed by atoms with Gasteiger partial charge in [0.15, 0.2) is 5.78 Å². The summed E-state index contributed by atoms with van der Waals surface area (Å²) in [4.78, 5) is 22.6. The number of benzene rings is 1. The van der Waals surface area contributed by atoms with E-state index in [1.165, 1.54) is 0 Å². The van der Waals surface area contributed by atoms with Gasteiger partial charge in [0.1, 0.15) is 5.78 Å². The van der Waals surface area contributed by atoms with Crippen molar-refractivity contribution >= 4 is 11.6 Å². The van der Waals surface area contributed by atoms with E-state index in [0.29, 0.717) is 12.0 Å². The van der Waals surface area contributed by atoms with E-state index in [-0.39, 0.29) is 11.6 Å². The van der Waals surface area contributed by atoms with Gasteiger partial charge in [-0.3, -0.25) is 4.79 Å². The van der Waals surface area contributed by atoms with Gasteiger partial charge in [-0.05, 0) is 32.8 Å². The summed E-state index contributed by atoms with van der Waals surface area (Å²) in [5, 5.41) is 0. The van der Waals surface area contributed by atoms with Crippen LogP contribution in [-0.4, -0.2) is 11.6 Å². The van der Waals surface area contributed by atoms with Gasteiger partial charge in [0.05, 0.1) is 0 Å². The molecule has 0 unspecified atom stereocenters. The molecule has 0 atom stereocenters. The van der Waals surface area contributed by atoms with E-state index in [1.807, 2.05) is 37.3 Å². The van der Waals surface area contributed by atoms with Crippen LogP contribution in [0, 0.1) is 0 Å². The van der Waals surface area contributed by atoms with Crippen molar-refractivity contribution in [2.24, 2.45) is 0 Å². The summed E-state index contributed by atoms with van der Waals surface area (Å²) in [6, 6.07) is 9.21. The van der Waals surface area contributed by atoms with Crippen molar-refractivity contribution in [3.63, 3.8) is 0 Å². The number of rotatable bonds is 6. The SMILES string of the molecule is CC(=O)CCC/C(C)=C/C(=O)c1ccccc1. The molecule has 2 heteroatoms. The van der Waals surface area contributed by atoms with Crippen molar-refractivity contribution in [1.29, 1.82) is 0 Å². The molecule has 1 aromatic rings. The van der Waals surface area contributed by atoms with Crippen molar-refractivity contribution in [1.82, 2.24) is 0 Å². The van der Waals surface area contributed by atoms with Gasteiger partial charge in [0.2, 0.25) is 0 Å². The van der Waals surface area contributed by atoms with Crippen LogP contribution >= 0.6 is 0 Å². The van der Waals surface area contributed by atoms with Crippen LogP contribution < -0.4 is 0 Å². The Morgan fingerprint density at radius 1 is 1.06 bits per heavy atom. The number of hydrogen-bond acceptors (Lipinski definition) is 2. The van der Waals surface area contributed by atoms with E-state index in [4.69, 9.17) is 0 Å². The number of Topliss-reactive ketones (excluding diaryl/α,β-unsaturated/α-hetero) is 1. The molecule has 0 amide bonds. The number of carbonyl (C=O) groups is 2. The molecule has 0 aliphatic carbocycles. The largest absolute Gasteiger partial charge is 0.300 e. The Morgan fingerprint density at radius 2 is 1.71 bits per heavy atom. The van der Waals surface area contributed by atoms with Crippen molar-refractivity contribution in [3.8, 4) is 0 Å². The van der Waals surface area contributed by atoms with E-state index in [1.54, 1.807) is 13.0 Å². The summed E-state index contributed by atoms with van der Waals surface area (Å²) < 4.78 is 0. The molecule has 0 spiro atoms. The monoisotopic (exact) mass is 230 g/mol. The van der Waals surface area contributed by atoms with E-state index < -0.39 is 0 Å². The Hall–Kier alpha value is -1.70. The van der Waals surface area contributed by atoms with Gasteiger partial charge < -0.3 is 4.79 Å². The number of allylic oxidation sites excluding steroid dienone is 2. The molecular formula is C15H18O2. The first kappa shape index (κ1) is 13.4. The first-order valence-corrected chi connectivity index (χ1v) is 5.85. The van der Waals surface area contributed by atoms with Gasteiger partial charge in [-0.1, -0.05) is 35.9 Å². The molecule has 0 aromatic heterocycles. The van der Waals surface area contributed by atoms with Gasteiger partial charge in [-0.2, -0.15) is 0 Å². The highest BCUT2D eigenvalue weighted by Gasteiger charge is 2.02. The van der Waals surface area contributed by atoms with Gasteiger partial charge in [0, 0.05) is 12.0 Å². The van der Waals surface area contributed by atoms with Crippen LogP contribution in [0.4, 0.5) is 0 Å². The second kappa shape index (κ2) is 6.79. The second-order valence-corrected chi connectivity index (χ2v) is 4.28.